The summed E-state index contributed by atoms with van der Waals surface area (Å²) >= 11 is 0. The predicted octanol–water partition coefficient (Wildman–Crippen LogP) is 3.14. The van der Waals surface area contributed by atoms with E-state index in [4.69, 9.17) is 23.7 Å². The van der Waals surface area contributed by atoms with Gasteiger partial charge in [-0.05, 0) is 60.3 Å². The molecule has 2 aromatic carbocycles. The van der Waals surface area contributed by atoms with E-state index < -0.39 is 5.92 Å². The number of carbonyl (C=O) groups excluding carboxylic acids is 2. The Morgan fingerprint density at radius 1 is 1.03 bits per heavy atom. The van der Waals surface area contributed by atoms with Gasteiger partial charge in [0.05, 0.1) is 26.7 Å². The number of phenols is 1. The summed E-state index contributed by atoms with van der Waals surface area (Å²) in [6.45, 7) is 2.66. The van der Waals surface area contributed by atoms with Gasteiger partial charge in [0.2, 0.25) is 18.4 Å². The van der Waals surface area contributed by atoms with Gasteiger partial charge in [-0.3, -0.25) is 9.59 Å². The van der Waals surface area contributed by atoms with E-state index in [1.54, 1.807) is 12.1 Å². The topological polar surface area (TPSA) is 116 Å². The summed E-state index contributed by atoms with van der Waals surface area (Å²) in [6, 6.07) is 7.30. The molecule has 2 aromatic rings. The number of cyclic esters (lactones) is 1. The van der Waals surface area contributed by atoms with Crippen molar-refractivity contribution >= 4 is 24.3 Å². The average Bonchev–Trinajstić information content (AvgIpc) is 3.65. The normalized spacial score (nSPS) is 24.6. The number of ether oxygens (including phenoxy) is 5. The second-order valence-corrected chi connectivity index (χ2v) is 10.2. The molecule has 3 aliphatic heterocycles. The van der Waals surface area contributed by atoms with Crippen molar-refractivity contribution in [3.8, 4) is 28.7 Å². The molecular weight excluding hydrogens is 528 g/mol. The molecule has 0 aromatic heterocycles. The summed E-state index contributed by atoms with van der Waals surface area (Å²) < 4.78 is 27.9. The number of rotatable bonds is 8. The summed E-state index contributed by atoms with van der Waals surface area (Å²) in [4.78, 5) is 27.2. The van der Waals surface area contributed by atoms with Crippen molar-refractivity contribution in [2.24, 2.45) is 11.8 Å². The van der Waals surface area contributed by atoms with E-state index >= 15 is 0 Å². The van der Waals surface area contributed by atoms with Gasteiger partial charge in [-0.25, -0.2) is 0 Å². The molecule has 210 valence electrons. The number of esters is 1. The van der Waals surface area contributed by atoms with Crippen LogP contribution in [-0.2, 0) is 14.3 Å². The number of methoxy groups -OCH3 is 2. The van der Waals surface area contributed by atoms with E-state index in [-0.39, 0.29) is 66.2 Å². The molecule has 39 heavy (non-hydrogen) atoms. The lowest BCUT2D eigenvalue weighted by molar-refractivity contribution is -0.141. The maximum atomic E-state index is 13.2. The van der Waals surface area contributed by atoms with Crippen molar-refractivity contribution < 1.29 is 38.4 Å². The Bertz CT molecular complexity index is 1250. The van der Waals surface area contributed by atoms with Gasteiger partial charge in [0.15, 0.2) is 23.0 Å². The largest absolute Gasteiger partial charge is 0.502 e. The van der Waals surface area contributed by atoms with E-state index in [0.717, 1.165) is 36.1 Å². The number of nitrogens with zero attached hydrogens (tertiary/aromatic N) is 1. The van der Waals surface area contributed by atoms with Crippen molar-refractivity contribution in [2.45, 2.75) is 31.2 Å². The number of phenolic OH excluding ortho intramolecular Hbond substituents is 1. The monoisotopic (exact) mass is 560 g/mol. The van der Waals surface area contributed by atoms with Gasteiger partial charge in [-0.2, -0.15) is 0 Å². The summed E-state index contributed by atoms with van der Waals surface area (Å²) in [6.07, 6.45) is 2.37. The number of benzene rings is 2. The lowest BCUT2D eigenvalue weighted by atomic mass is 9.65. The number of amides is 1. The van der Waals surface area contributed by atoms with Crippen LogP contribution in [0.1, 0.15) is 47.9 Å². The number of likely N-dealkylation sites (tertiary alicyclic amines) is 1. The second-order valence-electron chi connectivity index (χ2n) is 10.2. The number of aromatic hydroxyl groups is 1. The van der Waals surface area contributed by atoms with Crippen molar-refractivity contribution in [1.82, 2.24) is 10.2 Å². The molecule has 4 aliphatic rings. The molecule has 1 amide bonds. The van der Waals surface area contributed by atoms with E-state index in [2.05, 4.69) is 5.32 Å². The van der Waals surface area contributed by atoms with Crippen molar-refractivity contribution in [1.29, 1.82) is 0 Å². The van der Waals surface area contributed by atoms with Crippen LogP contribution in [0.5, 0.6) is 28.7 Å². The molecule has 4 atom stereocenters. The minimum atomic E-state index is -0.459. The fourth-order valence-corrected chi connectivity index (χ4v) is 6.39. The lowest BCUT2D eigenvalue weighted by Gasteiger charge is -2.39. The fourth-order valence-electron chi connectivity index (χ4n) is 6.39. The van der Waals surface area contributed by atoms with Crippen LogP contribution in [0.3, 0.4) is 0 Å². The van der Waals surface area contributed by atoms with Crippen LogP contribution < -0.4 is 24.3 Å². The fraction of sp³-hybridized carbons (Fsp3) is 0.500. The van der Waals surface area contributed by atoms with Crippen LogP contribution in [0, 0.1) is 11.8 Å². The third-order valence-corrected chi connectivity index (χ3v) is 8.19. The smallest absolute Gasteiger partial charge is 0.310 e. The standard InChI is InChI=1S/C28H32N2O8.ClH/c1-34-21-9-15(10-22(35-2)27(21)32)24-16-11-19-20(38-14-37-19)12-17(16)26(18-13-36-28(33)25(18)24)29-6-4-8-30-7-3-5-23(30)31;/h9-12,18,24-26,29,32H,3-8,13-14H2,1-2H3;1H/t18?,24-,25-,26+;/m0./s1. The summed E-state index contributed by atoms with van der Waals surface area (Å²) in [5.41, 5.74) is 2.72. The number of halogens is 1. The second kappa shape index (κ2) is 11.0. The van der Waals surface area contributed by atoms with Gasteiger partial charge < -0.3 is 39.0 Å². The molecular formula is C28H33ClN2O8. The van der Waals surface area contributed by atoms with E-state index in [1.165, 1.54) is 14.2 Å². The van der Waals surface area contributed by atoms with Gasteiger partial charge in [0.25, 0.3) is 0 Å². The third kappa shape index (κ3) is 4.69. The maximum Gasteiger partial charge on any atom is 0.310 e. The molecule has 0 spiro atoms. The van der Waals surface area contributed by atoms with Gasteiger partial charge in [-0.1, -0.05) is 0 Å². The Labute approximate surface area is 232 Å². The Hall–Kier alpha value is -3.37. The SMILES string of the molecule is COc1cc([C@H]2c3cc4c(cc3[C@@H](NCCCN3CCCC3=O)C3COC(=O)[C@@H]32)OCO4)cc(OC)c1O.Cl. The molecule has 1 aliphatic carbocycles. The summed E-state index contributed by atoms with van der Waals surface area (Å²) in [7, 11) is 2.96. The average molecular weight is 561 g/mol. The summed E-state index contributed by atoms with van der Waals surface area (Å²) in [5, 5.41) is 14.2. The number of fused-ring (bicyclic) bond motifs is 3. The molecule has 2 N–H and O–H groups in total. The quantitative estimate of drug-likeness (QED) is 0.371. The Morgan fingerprint density at radius 2 is 1.72 bits per heavy atom. The minimum Gasteiger partial charge on any atom is -0.502 e. The first-order valence-electron chi connectivity index (χ1n) is 13.1. The highest BCUT2D eigenvalue weighted by Gasteiger charge is 2.52. The molecule has 1 unspecified atom stereocenters. The molecule has 2 saturated heterocycles. The van der Waals surface area contributed by atoms with Crippen molar-refractivity contribution in [3.63, 3.8) is 0 Å². The zero-order valence-corrected chi connectivity index (χ0v) is 22.8. The van der Waals surface area contributed by atoms with Crippen LogP contribution >= 0.6 is 12.4 Å². The lowest BCUT2D eigenvalue weighted by Crippen LogP contribution is -2.41. The number of carbonyl (C=O) groups is 2. The molecule has 0 radical (unpaired) electrons. The zero-order chi connectivity index (χ0) is 26.4. The van der Waals surface area contributed by atoms with Crippen LogP contribution in [0.2, 0.25) is 0 Å². The first kappa shape index (κ1) is 27.2. The molecule has 11 heteroatoms. The van der Waals surface area contributed by atoms with Crippen molar-refractivity contribution in [2.75, 3.05) is 47.3 Å². The van der Waals surface area contributed by atoms with Crippen LogP contribution in [0.4, 0.5) is 0 Å². The number of hydrogen-bond acceptors (Lipinski definition) is 9. The molecule has 2 fully saturated rings. The van der Waals surface area contributed by atoms with Gasteiger partial charge >= 0.3 is 5.97 Å². The number of nitrogens with one attached hydrogen (secondary N) is 1. The first-order valence-corrected chi connectivity index (χ1v) is 13.1. The third-order valence-electron chi connectivity index (χ3n) is 8.19. The van der Waals surface area contributed by atoms with E-state index in [1.807, 2.05) is 17.0 Å². The Balaban J connectivity index is 0.00000308. The van der Waals surface area contributed by atoms with E-state index in [9.17, 15) is 14.7 Å². The molecule has 0 bridgehead atoms. The predicted molar refractivity (Wildman–Crippen MR) is 142 cm³/mol. The highest BCUT2D eigenvalue weighted by Crippen LogP contribution is 2.55. The molecule has 3 heterocycles. The zero-order valence-electron chi connectivity index (χ0n) is 21.9. The van der Waals surface area contributed by atoms with Gasteiger partial charge in [0, 0.05) is 37.4 Å². The van der Waals surface area contributed by atoms with Crippen LogP contribution in [0.15, 0.2) is 24.3 Å². The highest BCUT2D eigenvalue weighted by atomic mass is 35.5. The van der Waals surface area contributed by atoms with Gasteiger partial charge in [0.1, 0.15) is 0 Å². The maximum absolute atomic E-state index is 13.2. The van der Waals surface area contributed by atoms with E-state index in [0.29, 0.717) is 37.6 Å². The highest BCUT2D eigenvalue weighted by molar-refractivity contribution is 5.85. The first-order chi connectivity index (χ1) is 18.5. The summed E-state index contributed by atoms with van der Waals surface area (Å²) in [5.74, 6) is 0.734. The Kier molecular flexibility index (Phi) is 7.68. The van der Waals surface area contributed by atoms with Crippen LogP contribution in [0.25, 0.3) is 0 Å². The number of hydrogen-bond donors (Lipinski definition) is 2. The van der Waals surface area contributed by atoms with Crippen LogP contribution in [-0.4, -0.2) is 69.1 Å². The molecule has 6 rings (SSSR count). The van der Waals surface area contributed by atoms with Gasteiger partial charge in [-0.15, -0.1) is 12.4 Å². The Morgan fingerprint density at radius 3 is 2.36 bits per heavy atom. The van der Waals surface area contributed by atoms with Crippen molar-refractivity contribution in [3.05, 3.63) is 41.0 Å². The molecule has 10 nitrogen and oxygen atoms in total. The molecule has 0 saturated carbocycles. The minimum absolute atomic E-state index is 0.